The van der Waals surface area contributed by atoms with Gasteiger partial charge in [-0.05, 0) is 37.1 Å². The number of rotatable bonds is 2. The smallest absolute Gasteiger partial charge is 0.226 e. The van der Waals surface area contributed by atoms with E-state index >= 15 is 0 Å². The second-order valence-corrected chi connectivity index (χ2v) is 6.55. The fourth-order valence-corrected chi connectivity index (χ4v) is 3.25. The summed E-state index contributed by atoms with van der Waals surface area (Å²) in [5, 5.41) is 0. The first-order valence-corrected chi connectivity index (χ1v) is 7.67. The van der Waals surface area contributed by atoms with E-state index in [4.69, 9.17) is 0 Å². The summed E-state index contributed by atoms with van der Waals surface area (Å²) in [4.78, 5) is 16.8. The summed E-state index contributed by atoms with van der Waals surface area (Å²) in [5.74, 6) is 1.01. The number of nitrogens with zero attached hydrogens (tertiary/aromatic N) is 2. The molecule has 2 fully saturated rings. The van der Waals surface area contributed by atoms with Gasteiger partial charge in [0, 0.05) is 36.6 Å². The highest BCUT2D eigenvalue weighted by Gasteiger charge is 2.45. The van der Waals surface area contributed by atoms with E-state index in [0.29, 0.717) is 11.8 Å². The molecule has 3 rings (SSSR count). The lowest BCUT2D eigenvalue weighted by Gasteiger charge is -2.32. The third-order valence-electron chi connectivity index (χ3n) is 4.20. The van der Waals surface area contributed by atoms with Crippen molar-refractivity contribution in [2.75, 3.05) is 33.2 Å². The van der Waals surface area contributed by atoms with Crippen LogP contribution in [0.1, 0.15) is 17.9 Å². The molecule has 0 aromatic heterocycles. The minimum atomic E-state index is 0.220. The van der Waals surface area contributed by atoms with Crippen molar-refractivity contribution in [3.63, 3.8) is 0 Å². The van der Waals surface area contributed by atoms with Crippen LogP contribution in [-0.2, 0) is 4.79 Å². The number of carbonyl (C=O) groups excluding carboxylic acids is 1. The van der Waals surface area contributed by atoms with Gasteiger partial charge >= 0.3 is 0 Å². The summed E-state index contributed by atoms with van der Waals surface area (Å²) in [5.41, 5.74) is 1.29. The van der Waals surface area contributed by atoms with Crippen molar-refractivity contribution < 1.29 is 4.79 Å². The molecule has 1 saturated heterocycles. The fourth-order valence-electron chi connectivity index (χ4n) is 2.83. The predicted molar refractivity (Wildman–Crippen MR) is 79.1 cm³/mol. The molecule has 19 heavy (non-hydrogen) atoms. The molecule has 0 unspecified atom stereocenters. The van der Waals surface area contributed by atoms with E-state index < -0.39 is 0 Å². The van der Waals surface area contributed by atoms with Crippen LogP contribution in [0.2, 0.25) is 0 Å². The molecule has 0 N–H and O–H groups in total. The Morgan fingerprint density at radius 1 is 1.26 bits per heavy atom. The van der Waals surface area contributed by atoms with Crippen molar-refractivity contribution >= 4 is 21.8 Å². The second kappa shape index (κ2) is 5.25. The average Bonchev–Trinajstić information content (AvgIpc) is 3.19. The topological polar surface area (TPSA) is 23.6 Å². The third-order valence-corrected chi connectivity index (χ3v) is 4.69. The van der Waals surface area contributed by atoms with E-state index in [9.17, 15) is 4.79 Å². The molecule has 1 aliphatic heterocycles. The van der Waals surface area contributed by atoms with E-state index in [1.54, 1.807) is 0 Å². The molecule has 2 aliphatic rings. The minimum absolute atomic E-state index is 0.220. The summed E-state index contributed by atoms with van der Waals surface area (Å²) in [7, 11) is 2.11. The molecule has 102 valence electrons. The summed E-state index contributed by atoms with van der Waals surface area (Å²) < 4.78 is 1.10. The van der Waals surface area contributed by atoms with E-state index in [1.807, 2.05) is 11.0 Å². The Morgan fingerprint density at radius 3 is 2.68 bits per heavy atom. The Morgan fingerprint density at radius 2 is 2.00 bits per heavy atom. The second-order valence-electron chi connectivity index (χ2n) is 5.63. The fraction of sp³-hybridized carbons (Fsp3) is 0.533. The Hall–Kier alpha value is -0.870. The van der Waals surface area contributed by atoms with Crippen molar-refractivity contribution in [3.8, 4) is 0 Å². The maximum atomic E-state index is 12.4. The number of amides is 1. The van der Waals surface area contributed by atoms with Gasteiger partial charge in [-0.2, -0.15) is 0 Å². The molecule has 1 saturated carbocycles. The molecular weight excluding hydrogens is 304 g/mol. The van der Waals surface area contributed by atoms with Gasteiger partial charge < -0.3 is 9.80 Å². The van der Waals surface area contributed by atoms with Crippen LogP contribution in [0, 0.1) is 5.92 Å². The third kappa shape index (κ3) is 2.84. The number of hydrogen-bond donors (Lipinski definition) is 0. The Kier molecular flexibility index (Phi) is 3.63. The van der Waals surface area contributed by atoms with Crippen molar-refractivity contribution in [1.82, 2.24) is 9.80 Å². The number of hydrogen-bond acceptors (Lipinski definition) is 2. The van der Waals surface area contributed by atoms with Crippen LogP contribution in [0.15, 0.2) is 28.7 Å². The summed E-state index contributed by atoms with van der Waals surface area (Å²) in [6, 6.07) is 8.35. The van der Waals surface area contributed by atoms with Crippen LogP contribution in [0.4, 0.5) is 0 Å². The quantitative estimate of drug-likeness (QED) is 0.834. The lowest BCUT2D eigenvalue weighted by molar-refractivity contribution is -0.134. The van der Waals surface area contributed by atoms with Crippen LogP contribution in [-0.4, -0.2) is 48.9 Å². The van der Waals surface area contributed by atoms with Gasteiger partial charge in [0.05, 0.1) is 0 Å². The summed E-state index contributed by atoms with van der Waals surface area (Å²) in [6.45, 7) is 3.77. The van der Waals surface area contributed by atoms with Gasteiger partial charge in [0.25, 0.3) is 0 Å². The molecule has 1 aromatic rings. The zero-order valence-corrected chi connectivity index (χ0v) is 12.8. The van der Waals surface area contributed by atoms with Crippen LogP contribution >= 0.6 is 15.9 Å². The zero-order chi connectivity index (χ0) is 13.4. The van der Waals surface area contributed by atoms with E-state index in [-0.39, 0.29) is 5.92 Å². The van der Waals surface area contributed by atoms with Crippen LogP contribution in [0.25, 0.3) is 0 Å². The lowest BCUT2D eigenvalue weighted by atomic mass is 10.1. The monoisotopic (exact) mass is 322 g/mol. The zero-order valence-electron chi connectivity index (χ0n) is 11.2. The average molecular weight is 323 g/mol. The van der Waals surface area contributed by atoms with Crippen molar-refractivity contribution in [2.45, 2.75) is 12.3 Å². The van der Waals surface area contributed by atoms with Crippen molar-refractivity contribution in [1.29, 1.82) is 0 Å². The SMILES string of the molecule is CN1CCN(C(=O)[C@@H]2C[C@H]2c2cccc(Br)c2)CC1. The van der Waals surface area contributed by atoms with Gasteiger partial charge in [-0.1, -0.05) is 28.1 Å². The van der Waals surface area contributed by atoms with Gasteiger partial charge in [-0.25, -0.2) is 0 Å². The highest BCUT2D eigenvalue weighted by molar-refractivity contribution is 9.10. The molecule has 0 spiro atoms. The van der Waals surface area contributed by atoms with Crippen molar-refractivity contribution in [2.24, 2.45) is 5.92 Å². The number of piperazine rings is 1. The molecule has 4 heteroatoms. The Labute approximate surface area is 122 Å². The number of benzene rings is 1. The molecule has 2 atom stereocenters. The van der Waals surface area contributed by atoms with Gasteiger partial charge in [0.15, 0.2) is 0 Å². The maximum Gasteiger partial charge on any atom is 0.226 e. The number of carbonyl (C=O) groups is 1. The summed E-state index contributed by atoms with van der Waals surface area (Å²) >= 11 is 3.50. The Balaban J connectivity index is 1.62. The van der Waals surface area contributed by atoms with Gasteiger partial charge in [-0.15, -0.1) is 0 Å². The molecule has 3 nitrogen and oxygen atoms in total. The normalized spacial score (nSPS) is 27.4. The number of likely N-dealkylation sites (N-methyl/N-ethyl adjacent to an activating group) is 1. The minimum Gasteiger partial charge on any atom is -0.340 e. The van der Waals surface area contributed by atoms with Crippen molar-refractivity contribution in [3.05, 3.63) is 34.3 Å². The summed E-state index contributed by atoms with van der Waals surface area (Å²) in [6.07, 6.45) is 1.02. The van der Waals surface area contributed by atoms with E-state index in [1.165, 1.54) is 5.56 Å². The first-order valence-electron chi connectivity index (χ1n) is 6.88. The molecule has 1 amide bonds. The Bertz CT molecular complexity index is 483. The van der Waals surface area contributed by atoms with Gasteiger partial charge in [-0.3, -0.25) is 4.79 Å². The van der Waals surface area contributed by atoms with E-state index in [0.717, 1.165) is 37.1 Å². The van der Waals surface area contributed by atoms with E-state index in [2.05, 4.69) is 46.1 Å². The standard InChI is InChI=1S/C15H19BrN2O/c1-17-5-7-18(8-6-17)15(19)14-10-13(14)11-3-2-4-12(16)9-11/h2-4,9,13-14H,5-8,10H2,1H3/t13-,14+/m0/s1. The molecule has 0 bridgehead atoms. The molecule has 1 aromatic carbocycles. The molecule has 1 aliphatic carbocycles. The molecule has 0 radical (unpaired) electrons. The first kappa shape index (κ1) is 13.1. The largest absolute Gasteiger partial charge is 0.340 e. The highest BCUT2D eigenvalue weighted by Crippen LogP contribution is 2.48. The highest BCUT2D eigenvalue weighted by atomic mass is 79.9. The maximum absolute atomic E-state index is 12.4. The predicted octanol–water partition coefficient (Wildman–Crippen LogP) is 2.33. The van der Waals surface area contributed by atoms with Crippen LogP contribution in [0.5, 0.6) is 0 Å². The molecular formula is C15H19BrN2O. The number of halogens is 1. The van der Waals surface area contributed by atoms with Crippen LogP contribution < -0.4 is 0 Å². The van der Waals surface area contributed by atoms with Crippen LogP contribution in [0.3, 0.4) is 0 Å². The van der Waals surface area contributed by atoms with Gasteiger partial charge in [0.1, 0.15) is 0 Å². The molecule has 1 heterocycles. The first-order chi connectivity index (χ1) is 9.15. The van der Waals surface area contributed by atoms with Gasteiger partial charge in [0.2, 0.25) is 5.91 Å². The lowest BCUT2D eigenvalue weighted by Crippen LogP contribution is -2.47.